The topological polar surface area (TPSA) is 55.1 Å². The van der Waals surface area contributed by atoms with Crippen LogP contribution in [0.4, 0.5) is 18.9 Å². The largest absolute Gasteiger partial charge is 0.416 e. The summed E-state index contributed by atoms with van der Waals surface area (Å²) in [4.78, 5) is 12.0. The van der Waals surface area contributed by atoms with E-state index in [-0.39, 0.29) is 16.9 Å². The fourth-order valence-corrected chi connectivity index (χ4v) is 2.16. The average Bonchev–Trinajstić information content (AvgIpc) is 3.17. The van der Waals surface area contributed by atoms with E-state index in [1.54, 1.807) is 0 Å². The molecule has 1 saturated carbocycles. The molecular formula is C15H13F3N2O2. The second-order valence-corrected chi connectivity index (χ2v) is 5.37. The van der Waals surface area contributed by atoms with Crippen LogP contribution < -0.4 is 5.32 Å². The molecule has 1 aromatic carbocycles. The van der Waals surface area contributed by atoms with Crippen LogP contribution in [0.1, 0.15) is 46.1 Å². The first kappa shape index (κ1) is 14.6. The van der Waals surface area contributed by atoms with Crippen molar-refractivity contribution >= 4 is 11.6 Å². The summed E-state index contributed by atoms with van der Waals surface area (Å²) in [5.41, 5.74) is -0.540. The van der Waals surface area contributed by atoms with Gasteiger partial charge >= 0.3 is 6.18 Å². The lowest BCUT2D eigenvalue weighted by atomic mass is 10.1. The minimum absolute atomic E-state index is 0.0658. The van der Waals surface area contributed by atoms with Crippen LogP contribution in [0.15, 0.2) is 28.8 Å². The zero-order chi connectivity index (χ0) is 15.9. The number of nitrogens with zero attached hydrogens (tertiary/aromatic N) is 1. The Labute approximate surface area is 124 Å². The Balaban J connectivity index is 1.78. The quantitative estimate of drug-likeness (QED) is 0.927. The molecule has 1 N–H and O–H groups in total. The Bertz CT molecular complexity index is 718. The number of halogens is 3. The maximum absolute atomic E-state index is 12.8. The van der Waals surface area contributed by atoms with Crippen molar-refractivity contribution in [1.82, 2.24) is 5.16 Å². The number of nitrogens with one attached hydrogen (secondary N) is 1. The van der Waals surface area contributed by atoms with E-state index in [0.29, 0.717) is 11.7 Å². The molecule has 1 aliphatic carbocycles. The number of rotatable bonds is 3. The molecule has 0 unspecified atom stereocenters. The number of aryl methyl sites for hydroxylation is 1. The molecule has 22 heavy (non-hydrogen) atoms. The summed E-state index contributed by atoms with van der Waals surface area (Å²) < 4.78 is 43.6. The van der Waals surface area contributed by atoms with Gasteiger partial charge in [0.25, 0.3) is 5.91 Å². The van der Waals surface area contributed by atoms with E-state index < -0.39 is 17.6 Å². The van der Waals surface area contributed by atoms with E-state index in [0.717, 1.165) is 18.9 Å². The summed E-state index contributed by atoms with van der Waals surface area (Å²) in [6, 6.07) is 5.18. The summed E-state index contributed by atoms with van der Waals surface area (Å²) in [5, 5.41) is 6.06. The van der Waals surface area contributed by atoms with Crippen LogP contribution in [-0.4, -0.2) is 11.1 Å². The standard InChI is InChI=1S/C15H13F3N2O2/c1-8-2-5-10(6-11(8)15(16,17)18)19-14(21)12-7-13(22-20-12)9-3-4-9/h2,5-7,9H,3-4H2,1H3,(H,19,21). The predicted molar refractivity (Wildman–Crippen MR) is 72.6 cm³/mol. The maximum Gasteiger partial charge on any atom is 0.416 e. The van der Waals surface area contributed by atoms with Crippen LogP contribution in [0.25, 0.3) is 0 Å². The summed E-state index contributed by atoms with van der Waals surface area (Å²) >= 11 is 0. The highest BCUT2D eigenvalue weighted by molar-refractivity contribution is 6.02. The molecule has 1 heterocycles. The third-order valence-corrected chi connectivity index (χ3v) is 3.54. The first-order chi connectivity index (χ1) is 10.3. The van der Waals surface area contributed by atoms with Gasteiger partial charge in [-0.25, -0.2) is 0 Å². The molecule has 0 spiro atoms. The Morgan fingerprint density at radius 3 is 2.68 bits per heavy atom. The lowest BCUT2D eigenvalue weighted by Crippen LogP contribution is -2.14. The minimum Gasteiger partial charge on any atom is -0.360 e. The number of alkyl halides is 3. The lowest BCUT2D eigenvalue weighted by molar-refractivity contribution is -0.138. The van der Waals surface area contributed by atoms with Gasteiger partial charge in [0.2, 0.25) is 0 Å². The van der Waals surface area contributed by atoms with Crippen LogP contribution in [-0.2, 0) is 6.18 Å². The fraction of sp³-hybridized carbons (Fsp3) is 0.333. The van der Waals surface area contributed by atoms with E-state index in [4.69, 9.17) is 4.52 Å². The SMILES string of the molecule is Cc1ccc(NC(=O)c2cc(C3CC3)on2)cc1C(F)(F)F. The van der Waals surface area contributed by atoms with E-state index in [9.17, 15) is 18.0 Å². The van der Waals surface area contributed by atoms with Crippen molar-refractivity contribution < 1.29 is 22.5 Å². The van der Waals surface area contributed by atoms with Gasteiger partial charge in [-0.3, -0.25) is 4.79 Å². The first-order valence-corrected chi connectivity index (χ1v) is 6.80. The monoisotopic (exact) mass is 310 g/mol. The number of carbonyl (C=O) groups excluding carboxylic acids is 1. The van der Waals surface area contributed by atoms with Gasteiger partial charge in [0, 0.05) is 17.7 Å². The Hall–Kier alpha value is -2.31. The molecule has 0 radical (unpaired) electrons. The number of aromatic nitrogens is 1. The Morgan fingerprint density at radius 1 is 1.32 bits per heavy atom. The molecular weight excluding hydrogens is 297 g/mol. The highest BCUT2D eigenvalue weighted by Crippen LogP contribution is 2.40. The highest BCUT2D eigenvalue weighted by Gasteiger charge is 2.33. The van der Waals surface area contributed by atoms with Crippen LogP contribution in [0.3, 0.4) is 0 Å². The Kier molecular flexibility index (Phi) is 3.42. The molecule has 1 fully saturated rings. The predicted octanol–water partition coefficient (Wildman–Crippen LogP) is 4.13. The molecule has 3 rings (SSSR count). The van der Waals surface area contributed by atoms with Gasteiger partial charge in [-0.2, -0.15) is 13.2 Å². The van der Waals surface area contributed by atoms with Crippen molar-refractivity contribution in [2.75, 3.05) is 5.32 Å². The molecule has 1 aromatic heterocycles. The summed E-state index contributed by atoms with van der Waals surface area (Å²) in [6.45, 7) is 1.37. The third-order valence-electron chi connectivity index (χ3n) is 3.54. The number of anilines is 1. The van der Waals surface area contributed by atoms with Gasteiger partial charge < -0.3 is 9.84 Å². The van der Waals surface area contributed by atoms with Crippen LogP contribution in [0, 0.1) is 6.92 Å². The zero-order valence-electron chi connectivity index (χ0n) is 11.7. The summed E-state index contributed by atoms with van der Waals surface area (Å²) in [5.74, 6) is 0.364. The normalized spacial score (nSPS) is 14.9. The fourth-order valence-electron chi connectivity index (χ4n) is 2.16. The van der Waals surface area contributed by atoms with Crippen LogP contribution >= 0.6 is 0 Å². The van der Waals surface area contributed by atoms with Crippen molar-refractivity contribution in [3.05, 3.63) is 46.8 Å². The molecule has 4 nitrogen and oxygen atoms in total. The number of carbonyl (C=O) groups is 1. The van der Waals surface area contributed by atoms with Crippen molar-refractivity contribution in [1.29, 1.82) is 0 Å². The number of hydrogen-bond acceptors (Lipinski definition) is 3. The highest BCUT2D eigenvalue weighted by atomic mass is 19.4. The van der Waals surface area contributed by atoms with Gasteiger partial charge in [0.1, 0.15) is 5.76 Å². The zero-order valence-corrected chi connectivity index (χ0v) is 11.7. The van der Waals surface area contributed by atoms with Crippen molar-refractivity contribution in [3.63, 3.8) is 0 Å². The van der Waals surface area contributed by atoms with Gasteiger partial charge in [0.05, 0.1) is 5.56 Å². The van der Waals surface area contributed by atoms with Gasteiger partial charge in [-0.15, -0.1) is 0 Å². The van der Waals surface area contributed by atoms with Crippen LogP contribution in [0.2, 0.25) is 0 Å². The smallest absolute Gasteiger partial charge is 0.360 e. The molecule has 0 bridgehead atoms. The van der Waals surface area contributed by atoms with Crippen molar-refractivity contribution in [3.8, 4) is 0 Å². The van der Waals surface area contributed by atoms with Crippen molar-refractivity contribution in [2.45, 2.75) is 31.9 Å². The molecule has 1 aliphatic rings. The maximum atomic E-state index is 12.8. The molecule has 116 valence electrons. The average molecular weight is 310 g/mol. The van der Waals surface area contributed by atoms with Gasteiger partial charge in [-0.1, -0.05) is 11.2 Å². The number of amides is 1. The molecule has 0 atom stereocenters. The second kappa shape index (κ2) is 5.15. The Morgan fingerprint density at radius 2 is 2.05 bits per heavy atom. The van der Waals surface area contributed by atoms with E-state index in [1.165, 1.54) is 25.1 Å². The second-order valence-electron chi connectivity index (χ2n) is 5.37. The lowest BCUT2D eigenvalue weighted by Gasteiger charge is -2.12. The summed E-state index contributed by atoms with van der Waals surface area (Å²) in [6.07, 6.45) is -2.45. The van der Waals surface area contributed by atoms with E-state index in [2.05, 4.69) is 10.5 Å². The third kappa shape index (κ3) is 2.98. The van der Waals surface area contributed by atoms with Gasteiger partial charge in [0.15, 0.2) is 5.69 Å². The first-order valence-electron chi connectivity index (χ1n) is 6.80. The van der Waals surface area contributed by atoms with Crippen LogP contribution in [0.5, 0.6) is 0 Å². The molecule has 1 amide bonds. The summed E-state index contributed by atoms with van der Waals surface area (Å²) in [7, 11) is 0. The molecule has 7 heteroatoms. The van der Waals surface area contributed by atoms with Gasteiger partial charge in [-0.05, 0) is 37.5 Å². The molecule has 0 aliphatic heterocycles. The number of hydrogen-bond donors (Lipinski definition) is 1. The number of benzene rings is 1. The minimum atomic E-state index is -4.46. The molecule has 0 saturated heterocycles. The van der Waals surface area contributed by atoms with E-state index >= 15 is 0 Å². The van der Waals surface area contributed by atoms with E-state index in [1.807, 2.05) is 0 Å². The van der Waals surface area contributed by atoms with Crippen molar-refractivity contribution in [2.24, 2.45) is 0 Å². The molecule has 2 aromatic rings.